The predicted molar refractivity (Wildman–Crippen MR) is 44.3 cm³/mol. The summed E-state index contributed by atoms with van der Waals surface area (Å²) in [5.41, 5.74) is 0. The van der Waals surface area contributed by atoms with E-state index in [1.54, 1.807) is 0 Å². The minimum absolute atomic E-state index is 0.311. The number of hydrogen-bond acceptors (Lipinski definition) is 3. The molecule has 0 atom stereocenters. The lowest BCUT2D eigenvalue weighted by Gasteiger charge is -1.96. The van der Waals surface area contributed by atoms with Crippen LogP contribution in [0.2, 0.25) is 0 Å². The summed E-state index contributed by atoms with van der Waals surface area (Å²) in [6, 6.07) is 5.61. The zero-order valence-electron chi connectivity index (χ0n) is 5.54. The van der Waals surface area contributed by atoms with Crippen LogP contribution in [0.4, 0.5) is 0 Å². The third kappa shape index (κ3) is 1.26. The monoisotopic (exact) mass is 188 g/mol. The number of ether oxygens (including phenoxy) is 2. The molecule has 0 spiro atoms. The molecule has 1 aromatic carbocycles. The van der Waals surface area contributed by atoms with Gasteiger partial charge >= 0.3 is 0 Å². The fourth-order valence-electron chi connectivity index (χ4n) is 0.925. The van der Waals surface area contributed by atoms with E-state index in [4.69, 9.17) is 20.2 Å². The van der Waals surface area contributed by atoms with Crippen LogP contribution >= 0.6 is 21.7 Å². The molecule has 0 aromatic heterocycles. The molecule has 2 rings (SSSR count). The van der Waals surface area contributed by atoms with Gasteiger partial charge in [-0.3, -0.25) is 0 Å². The Hall–Kier alpha value is -0.540. The highest BCUT2D eigenvalue weighted by Crippen LogP contribution is 2.36. The summed E-state index contributed by atoms with van der Waals surface area (Å²) < 4.78 is 10.3. The van der Waals surface area contributed by atoms with E-state index < -0.39 is 0 Å². The molecule has 0 fully saturated rings. The summed E-state index contributed by atoms with van der Waals surface area (Å²) in [4.78, 5) is 0.968. The second-order valence-electron chi connectivity index (χ2n) is 2.09. The molecule has 1 aliphatic rings. The van der Waals surface area contributed by atoms with Crippen molar-refractivity contribution in [3.8, 4) is 11.5 Å². The van der Waals surface area contributed by atoms with Crippen molar-refractivity contribution >= 4 is 21.7 Å². The average molecular weight is 189 g/mol. The normalized spacial score (nSPS) is 13.5. The van der Waals surface area contributed by atoms with Crippen molar-refractivity contribution in [1.29, 1.82) is 0 Å². The maximum absolute atomic E-state index is 5.55. The van der Waals surface area contributed by atoms with E-state index in [1.165, 1.54) is 11.0 Å². The number of fused-ring (bicyclic) bond motifs is 1. The fraction of sp³-hybridized carbons (Fsp3) is 0.143. The van der Waals surface area contributed by atoms with Gasteiger partial charge in [0.2, 0.25) is 6.79 Å². The van der Waals surface area contributed by atoms with E-state index in [0.29, 0.717) is 6.79 Å². The van der Waals surface area contributed by atoms with Gasteiger partial charge in [0.25, 0.3) is 0 Å². The molecule has 1 heterocycles. The molecule has 2 nitrogen and oxygen atoms in total. The summed E-state index contributed by atoms with van der Waals surface area (Å²) in [6.45, 7) is 0.311. The highest BCUT2D eigenvalue weighted by Gasteiger charge is 2.12. The molecule has 1 aliphatic heterocycles. The van der Waals surface area contributed by atoms with E-state index in [0.717, 1.165) is 16.4 Å². The van der Waals surface area contributed by atoms with Crippen LogP contribution in [0.3, 0.4) is 0 Å². The van der Waals surface area contributed by atoms with Crippen LogP contribution in [0, 0.1) is 0 Å². The lowest BCUT2D eigenvalue weighted by molar-refractivity contribution is 0.174. The largest absolute Gasteiger partial charge is 0.454 e. The molecule has 58 valence electrons. The molecule has 0 N–H and O–H groups in total. The fourth-order valence-corrected chi connectivity index (χ4v) is 1.48. The van der Waals surface area contributed by atoms with Crippen LogP contribution in [0.25, 0.3) is 0 Å². The summed E-state index contributed by atoms with van der Waals surface area (Å²) in [6.07, 6.45) is 0. The first-order valence-electron chi connectivity index (χ1n) is 3.08. The van der Waals surface area contributed by atoms with E-state index >= 15 is 0 Å². The van der Waals surface area contributed by atoms with Crippen LogP contribution in [0.1, 0.15) is 0 Å². The number of hydrogen-bond donors (Lipinski definition) is 0. The molecule has 0 aliphatic carbocycles. The maximum atomic E-state index is 5.55. The van der Waals surface area contributed by atoms with Crippen molar-refractivity contribution in [2.75, 3.05) is 6.79 Å². The smallest absolute Gasteiger partial charge is 0.231 e. The van der Waals surface area contributed by atoms with Crippen molar-refractivity contribution in [3.63, 3.8) is 0 Å². The summed E-state index contributed by atoms with van der Waals surface area (Å²) in [7, 11) is 6.72. The van der Waals surface area contributed by atoms with E-state index in [1.807, 2.05) is 18.2 Å². The van der Waals surface area contributed by atoms with Gasteiger partial charge in [-0.05, 0) is 39.9 Å². The maximum Gasteiger partial charge on any atom is 0.231 e. The Morgan fingerprint density at radius 2 is 2.09 bits per heavy atom. The Balaban J connectivity index is 2.41. The van der Waals surface area contributed by atoms with E-state index in [9.17, 15) is 0 Å². The number of benzene rings is 1. The van der Waals surface area contributed by atoms with Crippen molar-refractivity contribution in [2.45, 2.75) is 4.90 Å². The van der Waals surface area contributed by atoms with Gasteiger partial charge in [-0.25, -0.2) is 0 Å². The summed E-state index contributed by atoms with van der Waals surface area (Å²) >= 11 is 0. The van der Waals surface area contributed by atoms with Gasteiger partial charge in [0.15, 0.2) is 11.5 Å². The van der Waals surface area contributed by atoms with Gasteiger partial charge in [-0.15, -0.1) is 0 Å². The standard InChI is InChI=1S/C7H5ClO2S/c8-11-5-1-2-6-7(3-5)10-4-9-6/h1-3H,4H2. The average Bonchev–Trinajstić information content (AvgIpc) is 2.50. The quantitative estimate of drug-likeness (QED) is 0.675. The Kier molecular flexibility index (Phi) is 1.84. The van der Waals surface area contributed by atoms with Gasteiger partial charge in [0.1, 0.15) is 0 Å². The molecule has 0 saturated carbocycles. The van der Waals surface area contributed by atoms with E-state index in [2.05, 4.69) is 0 Å². The lowest BCUT2D eigenvalue weighted by atomic mass is 10.3. The van der Waals surface area contributed by atoms with Gasteiger partial charge in [0.05, 0.1) is 0 Å². The van der Waals surface area contributed by atoms with Crippen LogP contribution in [0.5, 0.6) is 11.5 Å². The third-order valence-corrected chi connectivity index (χ3v) is 2.40. The van der Waals surface area contributed by atoms with Gasteiger partial charge in [0, 0.05) is 4.90 Å². The molecule has 0 saturated heterocycles. The van der Waals surface area contributed by atoms with Crippen LogP contribution in [0.15, 0.2) is 23.1 Å². The Morgan fingerprint density at radius 1 is 1.27 bits per heavy atom. The Labute approximate surface area is 72.9 Å². The highest BCUT2D eigenvalue weighted by atomic mass is 35.7. The highest BCUT2D eigenvalue weighted by molar-refractivity contribution is 8.21. The molecule has 11 heavy (non-hydrogen) atoms. The van der Waals surface area contributed by atoms with Crippen LogP contribution in [-0.2, 0) is 0 Å². The Morgan fingerprint density at radius 3 is 2.91 bits per heavy atom. The second kappa shape index (κ2) is 2.83. The number of rotatable bonds is 1. The molecular formula is C7H5ClO2S. The summed E-state index contributed by atoms with van der Waals surface area (Å²) in [5.74, 6) is 1.56. The van der Waals surface area contributed by atoms with E-state index in [-0.39, 0.29) is 0 Å². The molecule has 0 bridgehead atoms. The first-order valence-corrected chi connectivity index (χ1v) is 4.72. The SMILES string of the molecule is ClSc1ccc2c(c1)OCO2. The zero-order valence-corrected chi connectivity index (χ0v) is 7.11. The van der Waals surface area contributed by atoms with Gasteiger partial charge < -0.3 is 9.47 Å². The topological polar surface area (TPSA) is 18.5 Å². The predicted octanol–water partition coefficient (Wildman–Crippen LogP) is 2.66. The van der Waals surface area contributed by atoms with Crippen LogP contribution < -0.4 is 9.47 Å². The minimum atomic E-state index is 0.311. The molecule has 0 unspecified atom stereocenters. The van der Waals surface area contributed by atoms with Gasteiger partial charge in [-0.1, -0.05) is 0 Å². The van der Waals surface area contributed by atoms with Crippen molar-refractivity contribution < 1.29 is 9.47 Å². The van der Waals surface area contributed by atoms with Crippen molar-refractivity contribution in [2.24, 2.45) is 0 Å². The first-order chi connectivity index (χ1) is 5.40. The Bertz CT molecular complexity index is 277. The number of halogens is 1. The van der Waals surface area contributed by atoms with Crippen LogP contribution in [-0.4, -0.2) is 6.79 Å². The molecule has 1 aromatic rings. The second-order valence-corrected chi connectivity index (χ2v) is 3.18. The third-order valence-electron chi connectivity index (χ3n) is 1.43. The molecule has 0 amide bonds. The van der Waals surface area contributed by atoms with Gasteiger partial charge in [-0.2, -0.15) is 0 Å². The zero-order chi connectivity index (χ0) is 7.68. The molecular weight excluding hydrogens is 184 g/mol. The lowest BCUT2D eigenvalue weighted by Crippen LogP contribution is -1.92. The first kappa shape index (κ1) is 7.13. The minimum Gasteiger partial charge on any atom is -0.454 e. The summed E-state index contributed by atoms with van der Waals surface area (Å²) in [5, 5.41) is 0. The van der Waals surface area contributed by atoms with Crippen molar-refractivity contribution in [1.82, 2.24) is 0 Å². The molecule has 4 heteroatoms. The molecule has 0 radical (unpaired) electrons. The van der Waals surface area contributed by atoms with Crippen molar-refractivity contribution in [3.05, 3.63) is 18.2 Å².